The van der Waals surface area contributed by atoms with E-state index < -0.39 is 0 Å². The summed E-state index contributed by atoms with van der Waals surface area (Å²) in [6.45, 7) is 5.84. The van der Waals surface area contributed by atoms with Gasteiger partial charge in [-0.2, -0.15) is 0 Å². The highest BCUT2D eigenvalue weighted by Crippen LogP contribution is 2.27. The summed E-state index contributed by atoms with van der Waals surface area (Å²) in [6.07, 6.45) is 0.944. The first kappa shape index (κ1) is 13.0. The molecular formula is C13H17N3OS. The highest BCUT2D eigenvalue weighted by Gasteiger charge is 2.08. The van der Waals surface area contributed by atoms with Gasteiger partial charge >= 0.3 is 0 Å². The molecule has 0 bridgehead atoms. The third-order valence-corrected chi connectivity index (χ3v) is 3.33. The van der Waals surface area contributed by atoms with Crippen molar-refractivity contribution in [3.05, 3.63) is 34.8 Å². The molecule has 0 saturated carbocycles. The van der Waals surface area contributed by atoms with Crippen molar-refractivity contribution in [1.29, 1.82) is 0 Å². The summed E-state index contributed by atoms with van der Waals surface area (Å²) in [6, 6.07) is 8.01. The molecule has 0 atom stereocenters. The number of aromatic nitrogens is 2. The number of para-hydroxylation sites is 1. The fourth-order valence-electron chi connectivity index (χ4n) is 1.57. The highest BCUT2D eigenvalue weighted by molar-refractivity contribution is 7.13. The second-order valence-electron chi connectivity index (χ2n) is 3.81. The minimum atomic E-state index is 0.601. The van der Waals surface area contributed by atoms with Crippen LogP contribution in [0.15, 0.2) is 24.3 Å². The lowest BCUT2D eigenvalue weighted by Gasteiger charge is -2.05. The van der Waals surface area contributed by atoms with Crippen LogP contribution < -0.4 is 10.1 Å². The quantitative estimate of drug-likeness (QED) is 0.870. The molecule has 1 aromatic heterocycles. The van der Waals surface area contributed by atoms with Gasteiger partial charge in [0.2, 0.25) is 0 Å². The molecule has 1 aromatic carbocycles. The van der Waals surface area contributed by atoms with Crippen molar-refractivity contribution in [2.45, 2.75) is 26.8 Å². The molecule has 0 aliphatic heterocycles. The van der Waals surface area contributed by atoms with Gasteiger partial charge in [-0.3, -0.25) is 0 Å². The molecule has 0 aliphatic rings. The summed E-state index contributed by atoms with van der Waals surface area (Å²) in [5.74, 6) is 0.867. The van der Waals surface area contributed by atoms with Gasteiger partial charge in [-0.05, 0) is 24.6 Å². The topological polar surface area (TPSA) is 47.0 Å². The van der Waals surface area contributed by atoms with Crippen LogP contribution in [0.3, 0.4) is 0 Å². The molecule has 2 rings (SSSR count). The summed E-state index contributed by atoms with van der Waals surface area (Å²) in [5.41, 5.74) is 1.18. The first-order valence-electron chi connectivity index (χ1n) is 6.12. The molecule has 18 heavy (non-hydrogen) atoms. The number of rotatable bonds is 6. The van der Waals surface area contributed by atoms with E-state index in [-0.39, 0.29) is 0 Å². The standard InChI is InChI=1S/C13H17N3OS/c1-3-10-7-5-6-8-11(10)17-13-16-15-12(18-13)9-14-4-2/h5-8,14H,3-4,9H2,1-2H3. The number of aryl methyl sites for hydroxylation is 1. The van der Waals surface area contributed by atoms with E-state index in [1.54, 1.807) is 0 Å². The Balaban J connectivity index is 2.06. The van der Waals surface area contributed by atoms with E-state index in [0.717, 1.165) is 30.3 Å². The van der Waals surface area contributed by atoms with E-state index in [9.17, 15) is 0 Å². The van der Waals surface area contributed by atoms with E-state index in [4.69, 9.17) is 4.74 Å². The Morgan fingerprint density at radius 2 is 2.06 bits per heavy atom. The summed E-state index contributed by atoms with van der Waals surface area (Å²) in [4.78, 5) is 0. The minimum absolute atomic E-state index is 0.601. The monoisotopic (exact) mass is 263 g/mol. The van der Waals surface area contributed by atoms with E-state index in [1.165, 1.54) is 16.9 Å². The van der Waals surface area contributed by atoms with Crippen molar-refractivity contribution in [2.24, 2.45) is 0 Å². The summed E-state index contributed by atoms with van der Waals surface area (Å²) >= 11 is 1.48. The van der Waals surface area contributed by atoms with Gasteiger partial charge < -0.3 is 10.1 Å². The van der Waals surface area contributed by atoms with Crippen LogP contribution in [0.2, 0.25) is 0 Å². The SMILES string of the molecule is CCNCc1nnc(Oc2ccccc2CC)s1. The van der Waals surface area contributed by atoms with Crippen LogP contribution >= 0.6 is 11.3 Å². The van der Waals surface area contributed by atoms with Crippen LogP contribution in [0.25, 0.3) is 0 Å². The summed E-state index contributed by atoms with van der Waals surface area (Å²) in [7, 11) is 0. The van der Waals surface area contributed by atoms with Crippen molar-refractivity contribution >= 4 is 11.3 Å². The normalized spacial score (nSPS) is 10.6. The van der Waals surface area contributed by atoms with Crippen LogP contribution in [-0.2, 0) is 13.0 Å². The van der Waals surface area contributed by atoms with Crippen LogP contribution in [-0.4, -0.2) is 16.7 Å². The molecule has 1 heterocycles. The van der Waals surface area contributed by atoms with Crippen LogP contribution in [0.5, 0.6) is 10.9 Å². The smallest absolute Gasteiger partial charge is 0.299 e. The molecule has 0 aliphatic carbocycles. The number of hydrogen-bond acceptors (Lipinski definition) is 5. The first-order chi connectivity index (χ1) is 8.83. The van der Waals surface area contributed by atoms with Crippen molar-refractivity contribution < 1.29 is 4.74 Å². The molecule has 0 amide bonds. The van der Waals surface area contributed by atoms with Crippen LogP contribution in [0, 0.1) is 0 Å². The molecule has 0 fully saturated rings. The second-order valence-corrected chi connectivity index (χ2v) is 4.83. The van der Waals surface area contributed by atoms with E-state index in [2.05, 4.69) is 35.4 Å². The lowest BCUT2D eigenvalue weighted by atomic mass is 10.1. The molecule has 2 aromatic rings. The third-order valence-electron chi connectivity index (χ3n) is 2.53. The number of benzene rings is 1. The zero-order valence-corrected chi connectivity index (χ0v) is 11.5. The van der Waals surface area contributed by atoms with Crippen LogP contribution in [0.1, 0.15) is 24.4 Å². The predicted molar refractivity (Wildman–Crippen MR) is 73.2 cm³/mol. The molecule has 0 unspecified atom stereocenters. The van der Waals surface area contributed by atoms with Crippen molar-refractivity contribution in [3.8, 4) is 10.9 Å². The lowest BCUT2D eigenvalue weighted by Crippen LogP contribution is -2.11. The number of nitrogens with one attached hydrogen (secondary N) is 1. The van der Waals surface area contributed by atoms with Gasteiger partial charge in [0.25, 0.3) is 5.19 Å². The molecular weight excluding hydrogens is 246 g/mol. The molecule has 5 heteroatoms. The Labute approximate surface area is 111 Å². The number of nitrogens with zero attached hydrogens (tertiary/aromatic N) is 2. The Morgan fingerprint density at radius 3 is 2.83 bits per heavy atom. The molecule has 4 nitrogen and oxygen atoms in total. The van der Waals surface area contributed by atoms with Crippen LogP contribution in [0.4, 0.5) is 0 Å². The van der Waals surface area contributed by atoms with Gasteiger partial charge in [-0.25, -0.2) is 0 Å². The summed E-state index contributed by atoms with van der Waals surface area (Å²) in [5, 5.41) is 12.9. The maximum Gasteiger partial charge on any atom is 0.299 e. The third kappa shape index (κ3) is 3.27. The predicted octanol–water partition coefficient (Wildman–Crippen LogP) is 3.00. The van der Waals surface area contributed by atoms with Gasteiger partial charge in [-0.1, -0.05) is 48.5 Å². The largest absolute Gasteiger partial charge is 0.430 e. The highest BCUT2D eigenvalue weighted by atomic mass is 32.1. The average molecular weight is 263 g/mol. The summed E-state index contributed by atoms with van der Waals surface area (Å²) < 4.78 is 5.78. The second kappa shape index (κ2) is 6.47. The fourth-order valence-corrected chi connectivity index (χ4v) is 2.24. The Kier molecular flexibility index (Phi) is 4.66. The molecule has 1 N–H and O–H groups in total. The molecule has 0 radical (unpaired) electrons. The zero-order chi connectivity index (χ0) is 12.8. The molecule has 96 valence electrons. The Bertz CT molecular complexity index is 498. The Hall–Kier alpha value is -1.46. The van der Waals surface area contributed by atoms with Crippen molar-refractivity contribution in [2.75, 3.05) is 6.54 Å². The molecule has 0 saturated heterocycles. The van der Waals surface area contributed by atoms with Crippen molar-refractivity contribution in [1.82, 2.24) is 15.5 Å². The van der Waals surface area contributed by atoms with Gasteiger partial charge in [-0.15, -0.1) is 5.10 Å². The molecule has 0 spiro atoms. The fraction of sp³-hybridized carbons (Fsp3) is 0.385. The van der Waals surface area contributed by atoms with Gasteiger partial charge in [0.15, 0.2) is 0 Å². The van der Waals surface area contributed by atoms with Gasteiger partial charge in [0.05, 0.1) is 0 Å². The number of hydrogen-bond donors (Lipinski definition) is 1. The van der Waals surface area contributed by atoms with Crippen molar-refractivity contribution in [3.63, 3.8) is 0 Å². The number of ether oxygens (including phenoxy) is 1. The lowest BCUT2D eigenvalue weighted by molar-refractivity contribution is 0.467. The van der Waals surface area contributed by atoms with Gasteiger partial charge in [0.1, 0.15) is 10.8 Å². The maximum atomic E-state index is 5.78. The minimum Gasteiger partial charge on any atom is -0.430 e. The van der Waals surface area contributed by atoms with E-state index >= 15 is 0 Å². The zero-order valence-electron chi connectivity index (χ0n) is 10.6. The maximum absolute atomic E-state index is 5.78. The average Bonchev–Trinajstić information content (AvgIpc) is 2.84. The van der Waals surface area contributed by atoms with E-state index in [0.29, 0.717) is 5.19 Å². The Morgan fingerprint density at radius 1 is 1.22 bits per heavy atom. The first-order valence-corrected chi connectivity index (χ1v) is 6.94. The van der Waals surface area contributed by atoms with E-state index in [1.807, 2.05) is 18.2 Å². The van der Waals surface area contributed by atoms with Gasteiger partial charge in [0, 0.05) is 6.54 Å².